The second-order valence-electron chi connectivity index (χ2n) is 4.95. The Morgan fingerprint density at radius 1 is 1.40 bits per heavy atom. The Morgan fingerprint density at radius 2 is 2.15 bits per heavy atom. The first-order valence-corrected chi connectivity index (χ1v) is 7.62. The summed E-state index contributed by atoms with van der Waals surface area (Å²) in [5, 5.41) is 16.5. The molecule has 0 spiro atoms. The van der Waals surface area contributed by atoms with Crippen LogP contribution in [0.2, 0.25) is 5.02 Å². The van der Waals surface area contributed by atoms with Crippen LogP contribution in [-0.4, -0.2) is 28.0 Å². The Hall–Kier alpha value is -1.07. The number of aliphatic hydroxyl groups excluding tert-OH is 1. The molecule has 1 aromatic rings. The van der Waals surface area contributed by atoms with Crippen LogP contribution in [0.4, 0.5) is 5.69 Å². The van der Waals surface area contributed by atoms with Crippen LogP contribution in [0, 0.1) is 5.92 Å². The minimum Gasteiger partial charge on any atom is -0.396 e. The molecule has 1 unspecified atom stereocenters. The quantitative estimate of drug-likeness (QED) is 0.735. The number of hydrogen-bond acceptors (Lipinski definition) is 4. The van der Waals surface area contributed by atoms with Gasteiger partial charge in [-0.05, 0) is 25.2 Å². The van der Waals surface area contributed by atoms with Crippen molar-refractivity contribution in [1.29, 1.82) is 0 Å². The van der Waals surface area contributed by atoms with Crippen molar-refractivity contribution in [2.45, 2.75) is 46.1 Å². The molecule has 2 N–H and O–H groups in total. The van der Waals surface area contributed by atoms with Crippen molar-refractivity contribution in [1.82, 2.24) is 9.78 Å². The number of aliphatic hydroxyl groups is 1. The first kappa shape index (κ1) is 17.0. The van der Waals surface area contributed by atoms with Gasteiger partial charge in [0.1, 0.15) is 5.02 Å². The summed E-state index contributed by atoms with van der Waals surface area (Å²) in [6.07, 6.45) is 5.28. The summed E-state index contributed by atoms with van der Waals surface area (Å²) >= 11 is 6.09. The molecular weight excluding hydrogens is 278 g/mol. The molecule has 5 nitrogen and oxygen atoms in total. The normalized spacial score (nSPS) is 12.4. The third-order valence-electron chi connectivity index (χ3n) is 3.24. The van der Waals surface area contributed by atoms with Gasteiger partial charge in [-0.25, -0.2) is 4.68 Å². The summed E-state index contributed by atoms with van der Waals surface area (Å²) in [6, 6.07) is 0. The van der Waals surface area contributed by atoms with Gasteiger partial charge in [-0.2, -0.15) is 5.10 Å². The highest BCUT2D eigenvalue weighted by atomic mass is 35.5. The van der Waals surface area contributed by atoms with E-state index in [0.29, 0.717) is 24.7 Å². The average molecular weight is 302 g/mol. The first-order chi connectivity index (χ1) is 9.63. The number of nitrogens with one attached hydrogen (secondary N) is 1. The second kappa shape index (κ2) is 8.97. The highest BCUT2D eigenvalue weighted by Crippen LogP contribution is 2.18. The molecule has 0 aliphatic heterocycles. The fraction of sp³-hybridized carbons (Fsp3) is 0.714. The lowest BCUT2D eigenvalue weighted by Crippen LogP contribution is -2.25. The van der Waals surface area contributed by atoms with Crippen LogP contribution in [0.15, 0.2) is 11.0 Å². The maximum absolute atomic E-state index is 12.0. The van der Waals surface area contributed by atoms with Gasteiger partial charge in [-0.1, -0.05) is 31.9 Å². The molecule has 0 bridgehead atoms. The molecule has 20 heavy (non-hydrogen) atoms. The molecular formula is C14H24ClN3O2. The van der Waals surface area contributed by atoms with Crippen molar-refractivity contribution in [2.75, 3.05) is 18.5 Å². The van der Waals surface area contributed by atoms with E-state index in [2.05, 4.69) is 17.3 Å². The van der Waals surface area contributed by atoms with Gasteiger partial charge in [0.05, 0.1) is 11.9 Å². The van der Waals surface area contributed by atoms with E-state index in [4.69, 9.17) is 16.7 Å². The molecule has 114 valence electrons. The van der Waals surface area contributed by atoms with Crippen molar-refractivity contribution in [2.24, 2.45) is 5.92 Å². The summed E-state index contributed by atoms with van der Waals surface area (Å²) in [4.78, 5) is 12.0. The monoisotopic (exact) mass is 301 g/mol. The lowest BCUT2D eigenvalue weighted by Gasteiger charge is -2.17. The van der Waals surface area contributed by atoms with Gasteiger partial charge in [0, 0.05) is 19.7 Å². The number of rotatable bonds is 9. The van der Waals surface area contributed by atoms with Crippen molar-refractivity contribution in [3.05, 3.63) is 21.6 Å². The SMILES string of the molecule is CCCC(CCO)CNc1cnn(CCC)c(=O)c1Cl. The van der Waals surface area contributed by atoms with Crippen molar-refractivity contribution >= 4 is 17.3 Å². The maximum atomic E-state index is 12.0. The summed E-state index contributed by atoms with van der Waals surface area (Å²) in [5.41, 5.74) is 0.316. The molecule has 0 amide bonds. The van der Waals surface area contributed by atoms with E-state index in [1.54, 1.807) is 6.20 Å². The van der Waals surface area contributed by atoms with E-state index in [1.165, 1.54) is 4.68 Å². The predicted octanol–water partition coefficient (Wildman–Crippen LogP) is 2.52. The molecule has 1 rings (SSSR count). The number of halogens is 1. The minimum absolute atomic E-state index is 0.177. The fourth-order valence-electron chi connectivity index (χ4n) is 2.15. The molecule has 0 aliphatic carbocycles. The van der Waals surface area contributed by atoms with E-state index in [9.17, 15) is 4.79 Å². The van der Waals surface area contributed by atoms with Gasteiger partial charge in [-0.15, -0.1) is 0 Å². The van der Waals surface area contributed by atoms with Crippen molar-refractivity contribution < 1.29 is 5.11 Å². The summed E-state index contributed by atoms with van der Waals surface area (Å²) in [7, 11) is 0. The van der Waals surface area contributed by atoms with Gasteiger partial charge in [-0.3, -0.25) is 4.79 Å². The lowest BCUT2D eigenvalue weighted by atomic mass is 10.0. The van der Waals surface area contributed by atoms with E-state index in [-0.39, 0.29) is 17.2 Å². The van der Waals surface area contributed by atoms with Gasteiger partial charge in [0.25, 0.3) is 5.56 Å². The zero-order valence-electron chi connectivity index (χ0n) is 12.2. The van der Waals surface area contributed by atoms with Gasteiger partial charge in [0.2, 0.25) is 0 Å². The molecule has 0 saturated heterocycles. The molecule has 1 aromatic heterocycles. The molecule has 1 atom stereocenters. The Bertz CT molecular complexity index is 456. The van der Waals surface area contributed by atoms with Gasteiger partial charge < -0.3 is 10.4 Å². The zero-order chi connectivity index (χ0) is 15.0. The lowest BCUT2D eigenvalue weighted by molar-refractivity contribution is 0.255. The second-order valence-corrected chi connectivity index (χ2v) is 5.33. The average Bonchev–Trinajstić information content (AvgIpc) is 2.43. The van der Waals surface area contributed by atoms with E-state index in [0.717, 1.165) is 25.7 Å². The van der Waals surface area contributed by atoms with E-state index >= 15 is 0 Å². The Balaban J connectivity index is 2.72. The van der Waals surface area contributed by atoms with Crippen LogP contribution in [-0.2, 0) is 6.54 Å². The molecule has 0 fully saturated rings. The zero-order valence-corrected chi connectivity index (χ0v) is 13.0. The summed E-state index contributed by atoms with van der Waals surface area (Å²) in [6.45, 7) is 5.54. The number of nitrogens with zero attached hydrogens (tertiary/aromatic N) is 2. The Kier molecular flexibility index (Phi) is 7.62. The number of aromatic nitrogens is 2. The summed E-state index contributed by atoms with van der Waals surface area (Å²) < 4.78 is 1.38. The summed E-state index contributed by atoms with van der Waals surface area (Å²) in [5.74, 6) is 0.374. The largest absolute Gasteiger partial charge is 0.396 e. The molecule has 6 heteroatoms. The van der Waals surface area contributed by atoms with Crippen LogP contribution in [0.5, 0.6) is 0 Å². The van der Waals surface area contributed by atoms with Crippen molar-refractivity contribution in [3.63, 3.8) is 0 Å². The van der Waals surface area contributed by atoms with Crippen LogP contribution < -0.4 is 10.9 Å². The fourth-order valence-corrected chi connectivity index (χ4v) is 2.37. The van der Waals surface area contributed by atoms with Crippen LogP contribution >= 0.6 is 11.6 Å². The molecule has 0 aromatic carbocycles. The smallest absolute Gasteiger partial charge is 0.287 e. The van der Waals surface area contributed by atoms with E-state index < -0.39 is 0 Å². The van der Waals surface area contributed by atoms with Crippen LogP contribution in [0.1, 0.15) is 39.5 Å². The number of hydrogen-bond donors (Lipinski definition) is 2. The Labute approximate surface area is 125 Å². The third kappa shape index (κ3) is 4.80. The highest BCUT2D eigenvalue weighted by Gasteiger charge is 2.11. The third-order valence-corrected chi connectivity index (χ3v) is 3.60. The first-order valence-electron chi connectivity index (χ1n) is 7.24. The molecule has 1 heterocycles. The molecule has 0 saturated carbocycles. The topological polar surface area (TPSA) is 67.2 Å². The molecule has 0 aliphatic rings. The predicted molar refractivity (Wildman–Crippen MR) is 82.4 cm³/mol. The van der Waals surface area contributed by atoms with Crippen molar-refractivity contribution in [3.8, 4) is 0 Å². The maximum Gasteiger partial charge on any atom is 0.287 e. The minimum atomic E-state index is -0.257. The Morgan fingerprint density at radius 3 is 2.75 bits per heavy atom. The molecule has 0 radical (unpaired) electrons. The van der Waals surface area contributed by atoms with Crippen LogP contribution in [0.25, 0.3) is 0 Å². The van der Waals surface area contributed by atoms with Crippen LogP contribution in [0.3, 0.4) is 0 Å². The number of aryl methyl sites for hydroxylation is 1. The van der Waals surface area contributed by atoms with Gasteiger partial charge >= 0.3 is 0 Å². The standard InChI is InChI=1S/C14H24ClN3O2/c1-3-5-11(6-8-19)9-16-12-10-17-18(7-4-2)14(20)13(12)15/h10-11,16,19H,3-9H2,1-2H3. The van der Waals surface area contributed by atoms with Gasteiger partial charge in [0.15, 0.2) is 0 Å². The number of anilines is 1. The van der Waals surface area contributed by atoms with E-state index in [1.807, 2.05) is 6.92 Å². The highest BCUT2D eigenvalue weighted by molar-refractivity contribution is 6.32.